The Labute approximate surface area is 134 Å². The van der Waals surface area contributed by atoms with Crippen molar-refractivity contribution in [2.75, 3.05) is 5.32 Å². The van der Waals surface area contributed by atoms with Crippen LogP contribution in [-0.4, -0.2) is 25.6 Å². The van der Waals surface area contributed by atoms with E-state index in [1.165, 1.54) is 22.2 Å². The molecule has 118 valence electrons. The van der Waals surface area contributed by atoms with E-state index in [-0.39, 0.29) is 18.1 Å². The molecule has 8 nitrogen and oxygen atoms in total. The molecule has 23 heavy (non-hydrogen) atoms. The second kappa shape index (κ2) is 5.76. The molecule has 0 aliphatic rings. The molecule has 0 bridgehead atoms. The minimum Gasteiger partial charge on any atom is -0.300 e. The van der Waals surface area contributed by atoms with E-state index < -0.39 is 4.92 Å². The fourth-order valence-corrected chi connectivity index (χ4v) is 3.18. The highest BCUT2D eigenvalue weighted by atomic mass is 32.1. The summed E-state index contributed by atoms with van der Waals surface area (Å²) in [5.74, 6) is -0.336. The van der Waals surface area contributed by atoms with Gasteiger partial charge in [0.05, 0.1) is 15.1 Å². The Bertz CT molecular complexity index is 875. The minimum absolute atomic E-state index is 0.109. The van der Waals surface area contributed by atoms with E-state index in [4.69, 9.17) is 0 Å². The zero-order valence-corrected chi connectivity index (χ0v) is 13.3. The average Bonchev–Trinajstić information content (AvgIpc) is 3.10. The Kier molecular flexibility index (Phi) is 3.78. The second-order valence-corrected chi connectivity index (χ2v) is 6.10. The van der Waals surface area contributed by atoms with Crippen molar-refractivity contribution in [1.29, 1.82) is 0 Å². The Balaban J connectivity index is 1.76. The number of hydrogen-bond donors (Lipinski definition) is 1. The van der Waals surface area contributed by atoms with Crippen LogP contribution in [0.3, 0.4) is 0 Å². The quantitative estimate of drug-likeness (QED) is 0.585. The first-order valence-corrected chi connectivity index (χ1v) is 7.59. The molecule has 2 heterocycles. The zero-order chi connectivity index (χ0) is 16.6. The Morgan fingerprint density at radius 1 is 1.39 bits per heavy atom. The number of rotatable bonds is 4. The molecular weight excluding hydrogens is 318 g/mol. The highest BCUT2D eigenvalue weighted by Gasteiger charge is 2.14. The molecule has 9 heteroatoms. The molecule has 2 aromatic heterocycles. The lowest BCUT2D eigenvalue weighted by Gasteiger charge is -2.00. The van der Waals surface area contributed by atoms with E-state index in [2.05, 4.69) is 15.4 Å². The summed E-state index contributed by atoms with van der Waals surface area (Å²) >= 11 is 1.41. The highest BCUT2D eigenvalue weighted by molar-refractivity contribution is 7.22. The summed E-state index contributed by atoms with van der Waals surface area (Å²) in [7, 11) is 0. The fraction of sp³-hybridized carbons (Fsp3) is 0.214. The molecule has 1 N–H and O–H groups in total. The van der Waals surface area contributed by atoms with Gasteiger partial charge in [0.25, 0.3) is 0 Å². The van der Waals surface area contributed by atoms with Gasteiger partial charge in [-0.05, 0) is 25.0 Å². The van der Waals surface area contributed by atoms with Gasteiger partial charge in [-0.1, -0.05) is 23.5 Å². The molecular formula is C14H13N5O3S. The normalized spacial score (nSPS) is 10.9. The van der Waals surface area contributed by atoms with Crippen LogP contribution in [0.4, 0.5) is 10.8 Å². The summed E-state index contributed by atoms with van der Waals surface area (Å²) in [6.07, 6.45) is 2.32. The lowest BCUT2D eigenvalue weighted by molar-refractivity contribution is -0.385. The first-order valence-electron chi connectivity index (χ1n) is 6.77. The van der Waals surface area contributed by atoms with E-state index in [1.54, 1.807) is 0 Å². The number of amides is 1. The zero-order valence-electron chi connectivity index (χ0n) is 12.4. The summed E-state index contributed by atoms with van der Waals surface area (Å²) in [5, 5.41) is 17.6. The molecule has 3 aromatic rings. The smallest absolute Gasteiger partial charge is 0.300 e. The van der Waals surface area contributed by atoms with E-state index >= 15 is 0 Å². The Morgan fingerprint density at radius 3 is 2.78 bits per heavy atom. The van der Waals surface area contributed by atoms with Gasteiger partial charge in [-0.2, -0.15) is 5.10 Å². The molecule has 3 rings (SSSR count). The van der Waals surface area contributed by atoms with Crippen LogP contribution in [0.2, 0.25) is 0 Å². The molecule has 1 amide bonds. The van der Waals surface area contributed by atoms with Crippen LogP contribution in [0.15, 0.2) is 24.5 Å². The predicted molar refractivity (Wildman–Crippen MR) is 86.6 cm³/mol. The standard InChI is InChI=1S/C14H13N5O3S/c1-8-3-4-9(2)13-12(8)17-14(23-13)16-11(20)7-18-6-10(5-15-18)19(21)22/h3-6H,7H2,1-2H3,(H,16,17,20). The molecule has 0 saturated heterocycles. The number of benzene rings is 1. The van der Waals surface area contributed by atoms with Gasteiger partial charge in [0.1, 0.15) is 18.9 Å². The molecule has 0 spiro atoms. The summed E-state index contributed by atoms with van der Waals surface area (Å²) in [5.41, 5.74) is 2.88. The monoisotopic (exact) mass is 331 g/mol. The first-order chi connectivity index (χ1) is 10.9. The summed E-state index contributed by atoms with van der Waals surface area (Å²) < 4.78 is 2.26. The maximum Gasteiger partial charge on any atom is 0.307 e. The van der Waals surface area contributed by atoms with Gasteiger partial charge in [0.2, 0.25) is 5.91 Å². The number of fused-ring (bicyclic) bond motifs is 1. The number of hydrogen-bond acceptors (Lipinski definition) is 6. The van der Waals surface area contributed by atoms with E-state index in [1.807, 2.05) is 26.0 Å². The van der Waals surface area contributed by atoms with Crippen molar-refractivity contribution in [2.24, 2.45) is 0 Å². The number of aryl methyl sites for hydroxylation is 2. The van der Waals surface area contributed by atoms with Crippen LogP contribution in [-0.2, 0) is 11.3 Å². The third-order valence-electron chi connectivity index (χ3n) is 3.32. The number of carbonyl (C=O) groups is 1. The number of nitrogens with one attached hydrogen (secondary N) is 1. The number of anilines is 1. The molecule has 0 unspecified atom stereocenters. The third-order valence-corrected chi connectivity index (χ3v) is 4.43. The summed E-state index contributed by atoms with van der Waals surface area (Å²) in [6, 6.07) is 4.01. The van der Waals surface area contributed by atoms with Crippen molar-refractivity contribution in [2.45, 2.75) is 20.4 Å². The SMILES string of the molecule is Cc1ccc(C)c2sc(NC(=O)Cn3cc([N+](=O)[O-])cn3)nc12. The van der Waals surface area contributed by atoms with Crippen LogP contribution < -0.4 is 5.32 Å². The lowest BCUT2D eigenvalue weighted by atomic mass is 10.1. The van der Waals surface area contributed by atoms with Crippen molar-refractivity contribution in [3.05, 3.63) is 45.8 Å². The molecule has 0 atom stereocenters. The number of thiazole rings is 1. The fourth-order valence-electron chi connectivity index (χ4n) is 2.15. The maximum atomic E-state index is 12.0. The third kappa shape index (κ3) is 3.04. The van der Waals surface area contributed by atoms with Gasteiger partial charge < -0.3 is 5.32 Å². The van der Waals surface area contributed by atoms with Crippen LogP contribution >= 0.6 is 11.3 Å². The van der Waals surface area contributed by atoms with Crippen LogP contribution in [0, 0.1) is 24.0 Å². The van der Waals surface area contributed by atoms with E-state index in [0.29, 0.717) is 5.13 Å². The molecule has 0 saturated carbocycles. The van der Waals surface area contributed by atoms with Gasteiger partial charge >= 0.3 is 5.69 Å². The van der Waals surface area contributed by atoms with Crippen molar-refractivity contribution in [3.63, 3.8) is 0 Å². The summed E-state index contributed by atoms with van der Waals surface area (Å²) in [6.45, 7) is 3.85. The van der Waals surface area contributed by atoms with Crippen molar-refractivity contribution in [1.82, 2.24) is 14.8 Å². The number of nitrogens with zero attached hydrogens (tertiary/aromatic N) is 4. The van der Waals surface area contributed by atoms with Gasteiger partial charge in [-0.15, -0.1) is 0 Å². The van der Waals surface area contributed by atoms with Gasteiger partial charge in [0, 0.05) is 0 Å². The molecule has 0 fully saturated rings. The average molecular weight is 331 g/mol. The molecule has 0 aliphatic heterocycles. The van der Waals surface area contributed by atoms with Crippen LogP contribution in [0.25, 0.3) is 10.2 Å². The van der Waals surface area contributed by atoms with Crippen molar-refractivity contribution < 1.29 is 9.72 Å². The van der Waals surface area contributed by atoms with Gasteiger partial charge in [-0.25, -0.2) is 4.98 Å². The van der Waals surface area contributed by atoms with E-state index in [9.17, 15) is 14.9 Å². The first kappa shape index (κ1) is 15.1. The second-order valence-electron chi connectivity index (χ2n) is 5.10. The minimum atomic E-state index is -0.555. The van der Waals surface area contributed by atoms with Crippen molar-refractivity contribution in [3.8, 4) is 0 Å². The predicted octanol–water partition coefficient (Wildman–Crippen LogP) is 2.66. The van der Waals surface area contributed by atoms with Gasteiger partial charge in [0.15, 0.2) is 5.13 Å². The van der Waals surface area contributed by atoms with Crippen LogP contribution in [0.5, 0.6) is 0 Å². The number of aromatic nitrogens is 3. The molecule has 1 aromatic carbocycles. The lowest BCUT2D eigenvalue weighted by Crippen LogP contribution is -2.18. The van der Waals surface area contributed by atoms with Crippen LogP contribution in [0.1, 0.15) is 11.1 Å². The summed E-state index contributed by atoms with van der Waals surface area (Å²) in [4.78, 5) is 26.5. The maximum absolute atomic E-state index is 12.0. The van der Waals surface area contributed by atoms with E-state index in [0.717, 1.165) is 27.5 Å². The topological polar surface area (TPSA) is 103 Å². The highest BCUT2D eigenvalue weighted by Crippen LogP contribution is 2.30. The Hall–Kier alpha value is -2.81. The number of nitro groups is 1. The molecule has 0 radical (unpaired) electrons. The largest absolute Gasteiger partial charge is 0.307 e. The number of carbonyl (C=O) groups excluding carboxylic acids is 1. The van der Waals surface area contributed by atoms with Gasteiger partial charge in [-0.3, -0.25) is 19.6 Å². The van der Waals surface area contributed by atoms with Crippen molar-refractivity contribution >= 4 is 38.3 Å². The Morgan fingerprint density at radius 2 is 2.13 bits per heavy atom. The molecule has 0 aliphatic carbocycles.